The molecular formula is C11H15Br2N3O3S. The minimum atomic E-state index is -3.17. The van der Waals surface area contributed by atoms with Crippen LogP contribution in [0.4, 0.5) is 0 Å². The van der Waals surface area contributed by atoms with Gasteiger partial charge in [0.25, 0.3) is 5.56 Å². The van der Waals surface area contributed by atoms with Gasteiger partial charge in [-0.25, -0.2) is 17.4 Å². The normalized spacial score (nSPS) is 21.1. The van der Waals surface area contributed by atoms with Gasteiger partial charge in [0, 0.05) is 19.6 Å². The second kappa shape index (κ2) is 6.25. The van der Waals surface area contributed by atoms with Crippen molar-refractivity contribution < 1.29 is 8.42 Å². The summed E-state index contributed by atoms with van der Waals surface area (Å²) in [7, 11) is -3.17. The molecule has 0 saturated carbocycles. The summed E-state index contributed by atoms with van der Waals surface area (Å²) in [5, 5.41) is 4.08. The number of hydrogen-bond donors (Lipinski definition) is 0. The zero-order valence-electron chi connectivity index (χ0n) is 10.9. The van der Waals surface area contributed by atoms with E-state index in [-0.39, 0.29) is 11.5 Å². The first-order valence-corrected chi connectivity index (χ1v) is 9.58. The summed E-state index contributed by atoms with van der Waals surface area (Å²) < 4.78 is 27.1. The van der Waals surface area contributed by atoms with E-state index in [2.05, 4.69) is 37.0 Å². The molecule has 0 N–H and O–H groups in total. The van der Waals surface area contributed by atoms with E-state index in [1.165, 1.54) is 15.2 Å². The van der Waals surface area contributed by atoms with Gasteiger partial charge in [0.2, 0.25) is 10.0 Å². The predicted molar refractivity (Wildman–Crippen MR) is 83.0 cm³/mol. The van der Waals surface area contributed by atoms with E-state index in [1.807, 2.05) is 0 Å². The molecule has 1 aromatic rings. The van der Waals surface area contributed by atoms with Gasteiger partial charge in [-0.1, -0.05) is 0 Å². The smallest absolute Gasteiger partial charge is 0.266 e. The molecule has 9 heteroatoms. The third-order valence-electron chi connectivity index (χ3n) is 3.32. The minimum absolute atomic E-state index is 0.108. The van der Waals surface area contributed by atoms with Crippen LogP contribution in [0.5, 0.6) is 0 Å². The Morgan fingerprint density at radius 2 is 2.15 bits per heavy atom. The lowest BCUT2D eigenvalue weighted by Gasteiger charge is -2.30. The van der Waals surface area contributed by atoms with Gasteiger partial charge in [0.1, 0.15) is 4.47 Å². The Labute approximate surface area is 134 Å². The average molecular weight is 429 g/mol. The maximum atomic E-state index is 12.0. The van der Waals surface area contributed by atoms with Gasteiger partial charge in [-0.2, -0.15) is 5.10 Å². The molecule has 112 valence electrons. The Morgan fingerprint density at radius 3 is 2.80 bits per heavy atom. The Morgan fingerprint density at radius 1 is 1.45 bits per heavy atom. The molecule has 0 amide bonds. The van der Waals surface area contributed by atoms with Gasteiger partial charge in [-0.15, -0.1) is 0 Å². The van der Waals surface area contributed by atoms with Crippen molar-refractivity contribution in [1.82, 2.24) is 14.1 Å². The number of nitrogens with zero attached hydrogens (tertiary/aromatic N) is 3. The summed E-state index contributed by atoms with van der Waals surface area (Å²) in [5.41, 5.74) is -0.212. The number of hydrogen-bond acceptors (Lipinski definition) is 4. The lowest BCUT2D eigenvalue weighted by Crippen LogP contribution is -2.41. The highest BCUT2D eigenvalue weighted by Crippen LogP contribution is 2.21. The molecule has 20 heavy (non-hydrogen) atoms. The maximum absolute atomic E-state index is 12.0. The molecule has 1 aliphatic rings. The summed E-state index contributed by atoms with van der Waals surface area (Å²) in [6, 6.07) is 0. The van der Waals surface area contributed by atoms with Crippen LogP contribution in [-0.2, 0) is 16.6 Å². The maximum Gasteiger partial charge on any atom is 0.282 e. The van der Waals surface area contributed by atoms with Gasteiger partial charge in [0.05, 0.1) is 16.9 Å². The van der Waals surface area contributed by atoms with Crippen LogP contribution in [0.3, 0.4) is 0 Å². The van der Waals surface area contributed by atoms with E-state index in [1.54, 1.807) is 6.20 Å². The van der Waals surface area contributed by atoms with E-state index >= 15 is 0 Å². The van der Waals surface area contributed by atoms with Crippen LogP contribution >= 0.6 is 31.9 Å². The topological polar surface area (TPSA) is 72.3 Å². The molecule has 0 spiro atoms. The fraction of sp³-hybridized carbons (Fsp3) is 0.636. The van der Waals surface area contributed by atoms with E-state index in [0.717, 1.165) is 12.8 Å². The zero-order chi connectivity index (χ0) is 14.9. The third kappa shape index (κ3) is 3.69. The summed E-state index contributed by atoms with van der Waals surface area (Å²) >= 11 is 6.44. The largest absolute Gasteiger partial charge is 0.282 e. The second-order valence-electron chi connectivity index (χ2n) is 4.92. The van der Waals surface area contributed by atoms with Crippen LogP contribution < -0.4 is 5.56 Å². The number of piperidine rings is 1. The van der Waals surface area contributed by atoms with Gasteiger partial charge in [-0.05, 0) is 50.6 Å². The average Bonchev–Trinajstić information content (AvgIpc) is 2.39. The zero-order valence-corrected chi connectivity index (χ0v) is 14.9. The third-order valence-corrected chi connectivity index (χ3v) is 6.49. The lowest BCUT2D eigenvalue weighted by molar-refractivity contribution is 0.237. The molecule has 0 radical (unpaired) electrons. The quantitative estimate of drug-likeness (QED) is 0.730. The van der Waals surface area contributed by atoms with Crippen LogP contribution in [-0.4, -0.2) is 41.8 Å². The van der Waals surface area contributed by atoms with Crippen LogP contribution in [0.15, 0.2) is 19.9 Å². The Balaban J connectivity index is 2.15. The first-order chi connectivity index (χ1) is 9.29. The molecular weight excluding hydrogens is 414 g/mol. The van der Waals surface area contributed by atoms with E-state index < -0.39 is 10.0 Å². The molecule has 0 aliphatic carbocycles. The molecule has 1 fully saturated rings. The van der Waals surface area contributed by atoms with Crippen LogP contribution in [0.2, 0.25) is 0 Å². The molecule has 1 unspecified atom stereocenters. The molecule has 0 aromatic carbocycles. The molecule has 2 rings (SSSR count). The molecule has 6 nitrogen and oxygen atoms in total. The van der Waals surface area contributed by atoms with Gasteiger partial charge >= 0.3 is 0 Å². The van der Waals surface area contributed by atoms with Crippen molar-refractivity contribution in [3.8, 4) is 0 Å². The second-order valence-corrected chi connectivity index (χ2v) is 8.55. The Kier molecular flexibility index (Phi) is 5.04. The summed E-state index contributed by atoms with van der Waals surface area (Å²) in [6.45, 7) is 1.43. The van der Waals surface area contributed by atoms with Gasteiger partial charge in [0.15, 0.2) is 0 Å². The Bertz CT molecular complexity index is 659. The van der Waals surface area contributed by atoms with E-state index in [4.69, 9.17) is 0 Å². The number of aromatic nitrogens is 2. The van der Waals surface area contributed by atoms with Crippen molar-refractivity contribution in [1.29, 1.82) is 0 Å². The van der Waals surface area contributed by atoms with Crippen LogP contribution in [0.1, 0.15) is 12.8 Å². The monoisotopic (exact) mass is 427 g/mol. The van der Waals surface area contributed by atoms with Gasteiger partial charge < -0.3 is 0 Å². The minimum Gasteiger partial charge on any atom is -0.266 e. The van der Waals surface area contributed by atoms with Crippen LogP contribution in [0.25, 0.3) is 0 Å². The molecule has 1 atom stereocenters. The number of sulfonamides is 1. The predicted octanol–water partition coefficient (Wildman–Crippen LogP) is 1.44. The number of halogens is 2. The molecule has 1 saturated heterocycles. The summed E-state index contributed by atoms with van der Waals surface area (Å²) in [6.07, 6.45) is 4.48. The van der Waals surface area contributed by atoms with Crippen molar-refractivity contribution >= 4 is 41.9 Å². The van der Waals surface area contributed by atoms with E-state index in [0.29, 0.717) is 28.6 Å². The lowest BCUT2D eigenvalue weighted by atomic mass is 10.00. The molecule has 2 heterocycles. The highest BCUT2D eigenvalue weighted by Gasteiger charge is 2.26. The van der Waals surface area contributed by atoms with Crippen molar-refractivity contribution in [2.75, 3.05) is 19.3 Å². The first-order valence-electron chi connectivity index (χ1n) is 6.15. The molecule has 1 aromatic heterocycles. The Hall–Kier alpha value is -0.250. The molecule has 0 bridgehead atoms. The van der Waals surface area contributed by atoms with Crippen molar-refractivity contribution in [3.63, 3.8) is 0 Å². The standard InChI is InChI=1S/C11H15Br2N3O3S/c1-20(18,19)15-4-2-3-8(6-15)7-16-11(17)10(13)9(12)5-14-16/h5,8H,2-4,6-7H2,1H3. The SMILES string of the molecule is CS(=O)(=O)N1CCCC(Cn2ncc(Br)c(Br)c2=O)C1. The fourth-order valence-electron chi connectivity index (χ4n) is 2.30. The van der Waals surface area contributed by atoms with Crippen molar-refractivity contribution in [3.05, 3.63) is 25.5 Å². The highest BCUT2D eigenvalue weighted by atomic mass is 79.9. The van der Waals surface area contributed by atoms with Gasteiger partial charge in [-0.3, -0.25) is 4.79 Å². The first kappa shape index (κ1) is 16.1. The summed E-state index contributed by atoms with van der Waals surface area (Å²) in [5.74, 6) is 0.108. The van der Waals surface area contributed by atoms with E-state index in [9.17, 15) is 13.2 Å². The highest BCUT2D eigenvalue weighted by molar-refractivity contribution is 9.13. The van der Waals surface area contributed by atoms with Crippen LogP contribution in [0, 0.1) is 5.92 Å². The molecule has 1 aliphatic heterocycles. The van der Waals surface area contributed by atoms with Crippen molar-refractivity contribution in [2.45, 2.75) is 19.4 Å². The summed E-state index contributed by atoms with van der Waals surface area (Å²) in [4.78, 5) is 12.0. The number of rotatable bonds is 3. The van der Waals surface area contributed by atoms with Crippen molar-refractivity contribution in [2.24, 2.45) is 5.92 Å². The fourth-order valence-corrected chi connectivity index (χ4v) is 3.81.